The molecular weight excluding hydrogens is 494 g/mol. The zero-order chi connectivity index (χ0) is 25.7. The fraction of sp³-hybridized carbons (Fsp3) is 0.148. The summed E-state index contributed by atoms with van der Waals surface area (Å²) in [6, 6.07) is 24.0. The average molecular weight is 520 g/mol. The molecule has 0 aliphatic carbocycles. The molecule has 9 heteroatoms. The summed E-state index contributed by atoms with van der Waals surface area (Å²) in [5, 5.41) is 3.03. The third-order valence-electron chi connectivity index (χ3n) is 5.60. The van der Waals surface area contributed by atoms with Gasteiger partial charge in [0.05, 0.1) is 10.6 Å². The molecular formula is C27H25N3O4S2. The van der Waals surface area contributed by atoms with Crippen LogP contribution in [0.3, 0.4) is 0 Å². The van der Waals surface area contributed by atoms with Crippen molar-refractivity contribution in [1.82, 2.24) is 9.29 Å². The predicted octanol–water partition coefficient (Wildman–Crippen LogP) is 5.32. The highest BCUT2D eigenvalue weighted by Gasteiger charge is 2.23. The van der Waals surface area contributed by atoms with Gasteiger partial charge >= 0.3 is 0 Å². The van der Waals surface area contributed by atoms with E-state index in [-0.39, 0.29) is 21.4 Å². The molecule has 1 aromatic heterocycles. The lowest BCUT2D eigenvalue weighted by Crippen LogP contribution is -2.30. The number of sulfonamides is 1. The van der Waals surface area contributed by atoms with Crippen molar-refractivity contribution in [2.75, 3.05) is 18.4 Å². The molecule has 7 nitrogen and oxygen atoms in total. The molecule has 36 heavy (non-hydrogen) atoms. The smallest absolute Gasteiger partial charge is 0.257 e. The van der Waals surface area contributed by atoms with E-state index in [0.717, 1.165) is 16.9 Å². The summed E-state index contributed by atoms with van der Waals surface area (Å²) in [6.07, 6.45) is 0. The minimum atomic E-state index is -3.62. The fourth-order valence-corrected chi connectivity index (χ4v) is 6.10. The van der Waals surface area contributed by atoms with Crippen LogP contribution in [0.1, 0.15) is 39.4 Å². The van der Waals surface area contributed by atoms with Gasteiger partial charge in [-0.1, -0.05) is 85.8 Å². The van der Waals surface area contributed by atoms with Gasteiger partial charge in [0.1, 0.15) is 4.88 Å². The zero-order valence-electron chi connectivity index (χ0n) is 19.8. The van der Waals surface area contributed by atoms with Gasteiger partial charge < -0.3 is 0 Å². The number of ketones is 1. The first kappa shape index (κ1) is 25.4. The van der Waals surface area contributed by atoms with Crippen molar-refractivity contribution in [1.29, 1.82) is 0 Å². The number of hydrogen-bond acceptors (Lipinski definition) is 6. The number of benzene rings is 3. The molecule has 1 heterocycles. The molecule has 184 valence electrons. The standard InChI is InChI=1S/C27H25N3O4S2/c1-3-30(4-2)36(33,34)22-17-15-21(16-18-22)26(32)29-27-28-23(19-11-7-5-8-12-19)25(35-27)24(31)20-13-9-6-10-14-20/h5-18H,3-4H2,1-2H3,(H,28,29,32). The van der Waals surface area contributed by atoms with Crippen molar-refractivity contribution >= 4 is 38.2 Å². The molecule has 0 atom stereocenters. The number of nitrogens with zero attached hydrogens (tertiary/aromatic N) is 2. The van der Waals surface area contributed by atoms with Crippen LogP contribution in [-0.4, -0.2) is 42.5 Å². The van der Waals surface area contributed by atoms with Crippen LogP contribution in [0.4, 0.5) is 5.13 Å². The van der Waals surface area contributed by atoms with Crippen molar-refractivity contribution in [2.45, 2.75) is 18.7 Å². The Bertz CT molecular complexity index is 1460. The molecule has 1 amide bonds. The molecule has 0 fully saturated rings. The Labute approximate surface area is 214 Å². The van der Waals surface area contributed by atoms with E-state index in [4.69, 9.17) is 0 Å². The number of amides is 1. The number of aromatic nitrogens is 1. The maximum Gasteiger partial charge on any atom is 0.257 e. The average Bonchev–Trinajstić information content (AvgIpc) is 3.33. The number of rotatable bonds is 9. The van der Waals surface area contributed by atoms with E-state index >= 15 is 0 Å². The number of carbonyl (C=O) groups is 2. The molecule has 0 saturated carbocycles. The summed E-state index contributed by atoms with van der Waals surface area (Å²) in [4.78, 5) is 31.3. The first-order valence-corrected chi connectivity index (χ1v) is 13.7. The molecule has 4 aromatic rings. The van der Waals surface area contributed by atoms with Gasteiger partial charge in [0.15, 0.2) is 5.13 Å². The molecule has 1 N–H and O–H groups in total. The van der Waals surface area contributed by atoms with Crippen molar-refractivity contribution in [2.24, 2.45) is 0 Å². The molecule has 0 aliphatic rings. The highest BCUT2D eigenvalue weighted by Crippen LogP contribution is 2.33. The minimum absolute atomic E-state index is 0.124. The highest BCUT2D eigenvalue weighted by molar-refractivity contribution is 7.89. The Balaban J connectivity index is 1.62. The first-order chi connectivity index (χ1) is 17.3. The largest absolute Gasteiger partial charge is 0.298 e. The van der Waals surface area contributed by atoms with E-state index in [0.29, 0.717) is 29.2 Å². The van der Waals surface area contributed by atoms with Crippen LogP contribution in [0.5, 0.6) is 0 Å². The summed E-state index contributed by atoms with van der Waals surface area (Å²) in [7, 11) is -3.62. The molecule has 0 aliphatic heterocycles. The summed E-state index contributed by atoms with van der Waals surface area (Å²) in [6.45, 7) is 4.27. The molecule has 0 saturated heterocycles. The Morgan fingerprint density at radius 3 is 2.00 bits per heavy atom. The Morgan fingerprint density at radius 1 is 0.833 bits per heavy atom. The SMILES string of the molecule is CCN(CC)S(=O)(=O)c1ccc(C(=O)Nc2nc(-c3ccccc3)c(C(=O)c3ccccc3)s2)cc1. The van der Waals surface area contributed by atoms with Crippen LogP contribution in [-0.2, 0) is 10.0 Å². The third-order valence-corrected chi connectivity index (χ3v) is 8.63. The van der Waals surface area contributed by atoms with Gasteiger partial charge in [0.25, 0.3) is 5.91 Å². The van der Waals surface area contributed by atoms with Gasteiger partial charge in [-0.2, -0.15) is 4.31 Å². The highest BCUT2D eigenvalue weighted by atomic mass is 32.2. The van der Waals surface area contributed by atoms with E-state index in [1.54, 1.807) is 38.1 Å². The summed E-state index contributed by atoms with van der Waals surface area (Å²) >= 11 is 1.10. The summed E-state index contributed by atoms with van der Waals surface area (Å²) < 4.78 is 26.8. The second kappa shape index (κ2) is 10.9. The summed E-state index contributed by atoms with van der Waals surface area (Å²) in [5.74, 6) is -0.632. The van der Waals surface area contributed by atoms with Crippen molar-refractivity contribution in [3.63, 3.8) is 0 Å². The van der Waals surface area contributed by atoms with Crippen molar-refractivity contribution < 1.29 is 18.0 Å². The fourth-order valence-electron chi connectivity index (χ4n) is 3.70. The molecule has 4 rings (SSSR count). The van der Waals surface area contributed by atoms with Crippen LogP contribution >= 0.6 is 11.3 Å². The van der Waals surface area contributed by atoms with Crippen LogP contribution in [0.2, 0.25) is 0 Å². The first-order valence-electron chi connectivity index (χ1n) is 11.4. The number of carbonyl (C=O) groups excluding carboxylic acids is 2. The van der Waals surface area contributed by atoms with Gasteiger partial charge in [0.2, 0.25) is 15.8 Å². The van der Waals surface area contributed by atoms with Gasteiger partial charge in [-0.15, -0.1) is 0 Å². The Morgan fingerprint density at radius 2 is 1.42 bits per heavy atom. The lowest BCUT2D eigenvalue weighted by atomic mass is 10.1. The van der Waals surface area contributed by atoms with E-state index in [1.807, 2.05) is 36.4 Å². The normalized spacial score (nSPS) is 11.4. The Kier molecular flexibility index (Phi) is 7.73. The molecule has 0 radical (unpaired) electrons. The van der Waals surface area contributed by atoms with E-state index in [2.05, 4.69) is 10.3 Å². The zero-order valence-corrected chi connectivity index (χ0v) is 21.5. The molecule has 0 unspecified atom stereocenters. The predicted molar refractivity (Wildman–Crippen MR) is 142 cm³/mol. The molecule has 0 bridgehead atoms. The van der Waals surface area contributed by atoms with Crippen LogP contribution in [0, 0.1) is 0 Å². The lowest BCUT2D eigenvalue weighted by Gasteiger charge is -2.18. The molecule has 0 spiro atoms. The number of thiazole rings is 1. The minimum Gasteiger partial charge on any atom is -0.298 e. The van der Waals surface area contributed by atoms with Gasteiger partial charge in [-0.3, -0.25) is 14.9 Å². The lowest BCUT2D eigenvalue weighted by molar-refractivity contribution is 0.102. The second-order valence-electron chi connectivity index (χ2n) is 7.83. The van der Waals surface area contributed by atoms with Crippen molar-refractivity contribution in [3.8, 4) is 11.3 Å². The Hall–Kier alpha value is -3.66. The van der Waals surface area contributed by atoms with Crippen LogP contribution in [0.25, 0.3) is 11.3 Å². The number of nitrogens with one attached hydrogen (secondary N) is 1. The topological polar surface area (TPSA) is 96.4 Å². The number of hydrogen-bond donors (Lipinski definition) is 1. The monoisotopic (exact) mass is 519 g/mol. The quantitative estimate of drug-likeness (QED) is 0.302. The van der Waals surface area contributed by atoms with Crippen LogP contribution < -0.4 is 5.32 Å². The van der Waals surface area contributed by atoms with E-state index in [9.17, 15) is 18.0 Å². The van der Waals surface area contributed by atoms with Gasteiger partial charge in [-0.05, 0) is 24.3 Å². The van der Waals surface area contributed by atoms with Gasteiger partial charge in [-0.25, -0.2) is 13.4 Å². The second-order valence-corrected chi connectivity index (χ2v) is 10.8. The van der Waals surface area contributed by atoms with Crippen molar-refractivity contribution in [3.05, 3.63) is 101 Å². The third kappa shape index (κ3) is 5.28. The summed E-state index contributed by atoms with van der Waals surface area (Å²) in [5.41, 5.74) is 2.06. The molecule has 3 aromatic carbocycles. The van der Waals surface area contributed by atoms with Gasteiger partial charge in [0, 0.05) is 29.8 Å². The maximum absolute atomic E-state index is 13.2. The maximum atomic E-state index is 13.2. The van der Waals surface area contributed by atoms with Crippen LogP contribution in [0.15, 0.2) is 89.8 Å². The van der Waals surface area contributed by atoms with E-state index < -0.39 is 15.9 Å². The number of anilines is 1. The van der Waals surface area contributed by atoms with E-state index in [1.165, 1.54) is 28.6 Å².